The Balaban J connectivity index is 1.77. The molecule has 2 aromatic rings. The smallest absolute Gasteiger partial charge is 0.257 e. The van der Waals surface area contributed by atoms with Crippen LogP contribution in [0.25, 0.3) is 0 Å². The first-order valence-electron chi connectivity index (χ1n) is 8.88. The van der Waals surface area contributed by atoms with E-state index in [4.69, 9.17) is 16.3 Å². The molecule has 0 aromatic carbocycles. The number of hydrogen-bond acceptors (Lipinski definition) is 5. The fraction of sp³-hybridized carbons (Fsp3) is 0.421. The molecule has 0 aliphatic carbocycles. The van der Waals surface area contributed by atoms with Crippen LogP contribution >= 0.6 is 11.6 Å². The highest BCUT2D eigenvalue weighted by Gasteiger charge is 2.18. The molecule has 7 heteroatoms. The van der Waals surface area contributed by atoms with Crippen LogP contribution < -0.4 is 15.0 Å². The molecule has 0 bridgehead atoms. The SMILES string of the molecule is CC(C)Oc1ncc(C(=O)Nc2cccnc2N2CCCCC2)cc1Cl. The first kappa shape index (κ1) is 18.5. The summed E-state index contributed by atoms with van der Waals surface area (Å²) in [6.07, 6.45) is 6.69. The molecule has 1 aliphatic heterocycles. The van der Waals surface area contributed by atoms with Crippen LogP contribution in [-0.4, -0.2) is 35.1 Å². The van der Waals surface area contributed by atoms with Gasteiger partial charge in [-0.25, -0.2) is 9.97 Å². The minimum absolute atomic E-state index is 0.0397. The van der Waals surface area contributed by atoms with Crippen LogP contribution in [0.5, 0.6) is 5.88 Å². The highest BCUT2D eigenvalue weighted by Crippen LogP contribution is 2.27. The van der Waals surface area contributed by atoms with E-state index in [1.807, 2.05) is 26.0 Å². The van der Waals surface area contributed by atoms with Gasteiger partial charge in [0.05, 0.1) is 17.4 Å². The third-order valence-electron chi connectivity index (χ3n) is 4.11. The number of carbonyl (C=O) groups excluding carboxylic acids is 1. The zero-order chi connectivity index (χ0) is 18.5. The zero-order valence-electron chi connectivity index (χ0n) is 15.0. The maximum atomic E-state index is 12.6. The average Bonchev–Trinajstić information content (AvgIpc) is 2.64. The molecular formula is C19H23ClN4O2. The summed E-state index contributed by atoms with van der Waals surface area (Å²) in [6.45, 7) is 5.69. The number of rotatable bonds is 5. The molecule has 0 radical (unpaired) electrons. The van der Waals surface area contributed by atoms with E-state index in [-0.39, 0.29) is 12.0 Å². The quantitative estimate of drug-likeness (QED) is 0.851. The molecule has 0 unspecified atom stereocenters. The Kier molecular flexibility index (Phi) is 5.93. The minimum atomic E-state index is -0.276. The van der Waals surface area contributed by atoms with Gasteiger partial charge in [-0.15, -0.1) is 0 Å². The molecular weight excluding hydrogens is 352 g/mol. The van der Waals surface area contributed by atoms with Crippen molar-refractivity contribution in [1.82, 2.24) is 9.97 Å². The van der Waals surface area contributed by atoms with E-state index in [0.717, 1.165) is 31.7 Å². The van der Waals surface area contributed by atoms with E-state index in [2.05, 4.69) is 20.2 Å². The largest absolute Gasteiger partial charge is 0.474 e. The fourth-order valence-electron chi connectivity index (χ4n) is 2.91. The topological polar surface area (TPSA) is 67.3 Å². The number of carbonyl (C=O) groups is 1. The summed E-state index contributed by atoms with van der Waals surface area (Å²) in [5.41, 5.74) is 1.07. The van der Waals surface area contributed by atoms with Gasteiger partial charge in [-0.3, -0.25) is 4.79 Å². The highest BCUT2D eigenvalue weighted by molar-refractivity contribution is 6.32. The van der Waals surface area contributed by atoms with Crippen molar-refractivity contribution >= 4 is 29.0 Å². The van der Waals surface area contributed by atoms with E-state index >= 15 is 0 Å². The molecule has 6 nitrogen and oxygen atoms in total. The van der Waals surface area contributed by atoms with Gasteiger partial charge >= 0.3 is 0 Å². The predicted octanol–water partition coefficient (Wildman–Crippen LogP) is 4.16. The fourth-order valence-corrected chi connectivity index (χ4v) is 3.12. The summed E-state index contributed by atoms with van der Waals surface area (Å²) >= 11 is 6.19. The van der Waals surface area contributed by atoms with Crippen LogP contribution in [0.3, 0.4) is 0 Å². The number of hydrogen-bond donors (Lipinski definition) is 1. The molecule has 2 aromatic heterocycles. The summed E-state index contributed by atoms with van der Waals surface area (Å²) in [5, 5.41) is 3.24. The maximum Gasteiger partial charge on any atom is 0.257 e. The van der Waals surface area contributed by atoms with Crippen molar-refractivity contribution in [3.8, 4) is 5.88 Å². The summed E-state index contributed by atoms with van der Waals surface area (Å²) in [4.78, 5) is 23.5. The van der Waals surface area contributed by atoms with E-state index < -0.39 is 0 Å². The predicted molar refractivity (Wildman–Crippen MR) is 103 cm³/mol. The van der Waals surface area contributed by atoms with Crippen molar-refractivity contribution < 1.29 is 9.53 Å². The van der Waals surface area contributed by atoms with Crippen LogP contribution in [-0.2, 0) is 0 Å². The van der Waals surface area contributed by atoms with E-state index in [0.29, 0.717) is 22.2 Å². The zero-order valence-corrected chi connectivity index (χ0v) is 15.8. The Morgan fingerprint density at radius 1 is 1.27 bits per heavy atom. The molecule has 0 atom stereocenters. The molecule has 1 saturated heterocycles. The van der Waals surface area contributed by atoms with Gasteiger partial charge in [0.25, 0.3) is 5.91 Å². The monoisotopic (exact) mass is 374 g/mol. The van der Waals surface area contributed by atoms with Crippen molar-refractivity contribution in [1.29, 1.82) is 0 Å². The highest BCUT2D eigenvalue weighted by atomic mass is 35.5. The number of nitrogens with zero attached hydrogens (tertiary/aromatic N) is 3. The summed E-state index contributed by atoms with van der Waals surface area (Å²) < 4.78 is 5.51. The third-order valence-corrected chi connectivity index (χ3v) is 4.38. The second-order valence-corrected chi connectivity index (χ2v) is 6.96. The van der Waals surface area contributed by atoms with Crippen LogP contribution in [0.2, 0.25) is 5.02 Å². The third kappa shape index (κ3) is 4.43. The Bertz CT molecular complexity index is 776. The summed E-state index contributed by atoms with van der Waals surface area (Å²) in [7, 11) is 0. The number of halogens is 1. The molecule has 1 fully saturated rings. The normalized spacial score (nSPS) is 14.4. The van der Waals surface area contributed by atoms with Gasteiger partial charge in [0, 0.05) is 25.5 Å². The second kappa shape index (κ2) is 8.36. The van der Waals surface area contributed by atoms with Crippen LogP contribution in [0.1, 0.15) is 43.5 Å². The van der Waals surface area contributed by atoms with Gasteiger partial charge in [0.2, 0.25) is 5.88 Å². The molecule has 3 rings (SSSR count). The first-order valence-corrected chi connectivity index (χ1v) is 9.26. The van der Waals surface area contributed by atoms with E-state index in [9.17, 15) is 4.79 Å². The second-order valence-electron chi connectivity index (χ2n) is 6.55. The number of pyridine rings is 2. The summed E-state index contributed by atoms with van der Waals surface area (Å²) in [6, 6.07) is 5.24. The van der Waals surface area contributed by atoms with Gasteiger partial charge in [0.1, 0.15) is 5.02 Å². The van der Waals surface area contributed by atoms with Crippen molar-refractivity contribution in [3.05, 3.63) is 41.2 Å². The van der Waals surface area contributed by atoms with Crippen molar-refractivity contribution in [3.63, 3.8) is 0 Å². The minimum Gasteiger partial charge on any atom is -0.474 e. The molecule has 0 spiro atoms. The Labute approximate surface area is 158 Å². The number of amides is 1. The van der Waals surface area contributed by atoms with Crippen LogP contribution in [0.4, 0.5) is 11.5 Å². The van der Waals surface area contributed by atoms with Crippen LogP contribution in [0.15, 0.2) is 30.6 Å². The molecule has 3 heterocycles. The molecule has 1 N–H and O–H groups in total. The number of anilines is 2. The van der Waals surface area contributed by atoms with Gasteiger partial charge < -0.3 is 15.0 Å². The average molecular weight is 375 g/mol. The Morgan fingerprint density at radius 3 is 2.73 bits per heavy atom. The lowest BCUT2D eigenvalue weighted by atomic mass is 10.1. The van der Waals surface area contributed by atoms with Gasteiger partial charge in [0.15, 0.2) is 5.82 Å². The van der Waals surface area contributed by atoms with Crippen molar-refractivity contribution in [2.45, 2.75) is 39.2 Å². The molecule has 1 aliphatic rings. The van der Waals surface area contributed by atoms with Crippen molar-refractivity contribution in [2.24, 2.45) is 0 Å². The van der Waals surface area contributed by atoms with Gasteiger partial charge in [-0.2, -0.15) is 0 Å². The van der Waals surface area contributed by atoms with Crippen molar-refractivity contribution in [2.75, 3.05) is 23.3 Å². The van der Waals surface area contributed by atoms with Crippen LogP contribution in [0, 0.1) is 0 Å². The molecule has 0 saturated carbocycles. The lowest BCUT2D eigenvalue weighted by molar-refractivity contribution is 0.102. The Morgan fingerprint density at radius 2 is 2.04 bits per heavy atom. The number of aromatic nitrogens is 2. The molecule has 138 valence electrons. The number of piperidine rings is 1. The number of ether oxygens (including phenoxy) is 1. The van der Waals surface area contributed by atoms with E-state index in [1.165, 1.54) is 12.6 Å². The van der Waals surface area contributed by atoms with E-state index in [1.54, 1.807) is 12.3 Å². The molecule has 26 heavy (non-hydrogen) atoms. The Hall–Kier alpha value is -2.34. The van der Waals surface area contributed by atoms with Gasteiger partial charge in [-0.05, 0) is 51.3 Å². The first-order chi connectivity index (χ1) is 12.5. The number of nitrogens with one attached hydrogen (secondary N) is 1. The maximum absolute atomic E-state index is 12.6. The lowest BCUT2D eigenvalue weighted by Crippen LogP contribution is -2.31. The van der Waals surface area contributed by atoms with Gasteiger partial charge in [-0.1, -0.05) is 11.6 Å². The lowest BCUT2D eigenvalue weighted by Gasteiger charge is -2.29. The standard InChI is InChI=1S/C19H23ClN4O2/c1-13(2)26-19-15(20)11-14(12-22-19)18(25)23-16-7-6-8-21-17(16)24-9-4-3-5-10-24/h6-8,11-13H,3-5,9-10H2,1-2H3,(H,23,25). The summed E-state index contributed by atoms with van der Waals surface area (Å²) in [5.74, 6) is 0.856. The molecule has 1 amide bonds.